The Bertz CT molecular complexity index is 657. The lowest BCUT2D eigenvalue weighted by Crippen LogP contribution is -2.40. The van der Waals surface area contributed by atoms with Gasteiger partial charge in [0.1, 0.15) is 0 Å². The zero-order valence-electron chi connectivity index (χ0n) is 11.8. The summed E-state index contributed by atoms with van der Waals surface area (Å²) in [6.45, 7) is 1.42. The first-order valence-corrected chi connectivity index (χ1v) is 7.36. The number of amides is 1. The third kappa shape index (κ3) is 2.80. The largest absolute Gasteiger partial charge is 0.315 e. The highest BCUT2D eigenvalue weighted by Crippen LogP contribution is 2.29. The van der Waals surface area contributed by atoms with Gasteiger partial charge in [-0.1, -0.05) is 35.9 Å². The zero-order valence-corrected chi connectivity index (χ0v) is 12.6. The maximum atomic E-state index is 12.8. The summed E-state index contributed by atoms with van der Waals surface area (Å²) in [7, 11) is 1.82. The van der Waals surface area contributed by atoms with Crippen LogP contribution in [-0.2, 0) is 11.3 Å². The minimum Gasteiger partial charge on any atom is -0.315 e. The van der Waals surface area contributed by atoms with Crippen LogP contribution in [0, 0.1) is 0 Å². The molecule has 0 saturated carbocycles. The second-order valence-corrected chi connectivity index (χ2v) is 5.70. The highest BCUT2D eigenvalue weighted by atomic mass is 35.5. The number of carbonyl (C=O) groups is 1. The fraction of sp³-hybridized carbons (Fsp3) is 0.235. The molecule has 0 fully saturated rings. The summed E-state index contributed by atoms with van der Waals surface area (Å²) in [6, 6.07) is 15.5. The van der Waals surface area contributed by atoms with E-state index in [1.165, 1.54) is 0 Å². The van der Waals surface area contributed by atoms with Gasteiger partial charge < -0.3 is 10.2 Å². The van der Waals surface area contributed by atoms with Crippen LogP contribution in [-0.4, -0.2) is 19.5 Å². The molecule has 0 aromatic heterocycles. The Balaban J connectivity index is 1.90. The molecule has 1 atom stereocenters. The summed E-state index contributed by atoms with van der Waals surface area (Å²) in [6.07, 6.45) is 0. The van der Waals surface area contributed by atoms with Crippen LogP contribution >= 0.6 is 11.6 Å². The molecule has 0 aliphatic carbocycles. The summed E-state index contributed by atoms with van der Waals surface area (Å²) in [4.78, 5) is 14.5. The van der Waals surface area contributed by atoms with Crippen molar-refractivity contribution < 1.29 is 4.79 Å². The lowest BCUT2D eigenvalue weighted by Gasteiger charge is -2.29. The van der Waals surface area contributed by atoms with Crippen LogP contribution in [0.25, 0.3) is 0 Å². The summed E-state index contributed by atoms with van der Waals surface area (Å²) in [5, 5.41) is 4.01. The molecule has 1 amide bonds. The Morgan fingerprint density at radius 2 is 2.00 bits per heavy atom. The first kappa shape index (κ1) is 14.1. The number of carbonyl (C=O) groups excluding carboxylic acids is 1. The van der Waals surface area contributed by atoms with Crippen LogP contribution in [0.15, 0.2) is 48.5 Å². The van der Waals surface area contributed by atoms with E-state index in [-0.39, 0.29) is 11.8 Å². The van der Waals surface area contributed by atoms with E-state index in [2.05, 4.69) is 5.32 Å². The number of para-hydroxylation sites is 1. The lowest BCUT2D eigenvalue weighted by atomic mass is 9.89. The fourth-order valence-electron chi connectivity index (χ4n) is 2.76. The molecule has 0 radical (unpaired) electrons. The van der Waals surface area contributed by atoms with Crippen molar-refractivity contribution in [3.63, 3.8) is 0 Å². The van der Waals surface area contributed by atoms with Crippen LogP contribution in [0.3, 0.4) is 0 Å². The van der Waals surface area contributed by atoms with Gasteiger partial charge in [-0.25, -0.2) is 0 Å². The molecule has 0 spiro atoms. The Morgan fingerprint density at radius 1 is 1.24 bits per heavy atom. The number of halogens is 1. The van der Waals surface area contributed by atoms with Crippen LogP contribution < -0.4 is 10.2 Å². The Hall–Kier alpha value is -1.84. The minimum atomic E-state index is -0.170. The number of fused-ring (bicyclic) bond motifs is 1. The van der Waals surface area contributed by atoms with Crippen LogP contribution in [0.1, 0.15) is 17.0 Å². The fourth-order valence-corrected chi connectivity index (χ4v) is 2.96. The molecule has 0 bridgehead atoms. The number of nitrogens with one attached hydrogen (secondary N) is 1. The van der Waals surface area contributed by atoms with E-state index in [4.69, 9.17) is 11.6 Å². The molecule has 2 aromatic rings. The van der Waals surface area contributed by atoms with E-state index < -0.39 is 0 Å². The molecule has 21 heavy (non-hydrogen) atoms. The lowest BCUT2D eigenvalue weighted by molar-refractivity contribution is -0.119. The van der Waals surface area contributed by atoms with Gasteiger partial charge in [0.25, 0.3) is 0 Å². The molecule has 3 nitrogen and oxygen atoms in total. The third-order valence-corrected chi connectivity index (χ3v) is 4.15. The number of hydrogen-bond donors (Lipinski definition) is 1. The molecule has 1 unspecified atom stereocenters. The molecule has 3 rings (SSSR count). The number of likely N-dealkylation sites (N-methyl/N-ethyl adjacent to an activating group) is 1. The Morgan fingerprint density at radius 3 is 2.76 bits per heavy atom. The molecule has 1 heterocycles. The summed E-state index contributed by atoms with van der Waals surface area (Å²) in [5.74, 6) is -0.0757. The van der Waals surface area contributed by atoms with Gasteiger partial charge in [-0.2, -0.15) is 0 Å². The summed E-state index contributed by atoms with van der Waals surface area (Å²) >= 11 is 6.04. The van der Waals surface area contributed by atoms with E-state index in [1.807, 2.05) is 55.6 Å². The molecule has 0 saturated heterocycles. The van der Waals surface area contributed by atoms with Gasteiger partial charge in [-0.3, -0.25) is 4.79 Å². The molecule has 1 aliphatic rings. The minimum absolute atomic E-state index is 0.0944. The van der Waals surface area contributed by atoms with Crippen molar-refractivity contribution in [3.05, 3.63) is 64.7 Å². The molecular weight excluding hydrogens is 284 g/mol. The SMILES string of the molecule is CN(C(=O)C1CNCc2cc(Cl)ccc21)c1ccccc1. The van der Waals surface area contributed by atoms with Gasteiger partial charge in [-0.05, 0) is 35.4 Å². The molecule has 2 aromatic carbocycles. The third-order valence-electron chi connectivity index (χ3n) is 3.92. The van der Waals surface area contributed by atoms with Crippen molar-refractivity contribution in [2.24, 2.45) is 0 Å². The summed E-state index contributed by atoms with van der Waals surface area (Å²) < 4.78 is 0. The molecule has 4 heteroatoms. The predicted molar refractivity (Wildman–Crippen MR) is 85.8 cm³/mol. The normalized spacial score (nSPS) is 17.1. The first-order valence-electron chi connectivity index (χ1n) is 6.98. The highest BCUT2D eigenvalue weighted by Gasteiger charge is 2.29. The zero-order chi connectivity index (χ0) is 14.8. The Labute approximate surface area is 129 Å². The second kappa shape index (κ2) is 5.88. The summed E-state index contributed by atoms with van der Waals surface area (Å²) in [5.41, 5.74) is 3.09. The molecular formula is C17H17ClN2O. The van der Waals surface area contributed by atoms with Crippen molar-refractivity contribution in [1.82, 2.24) is 5.32 Å². The molecule has 1 N–H and O–H groups in total. The van der Waals surface area contributed by atoms with Gasteiger partial charge in [-0.15, -0.1) is 0 Å². The van der Waals surface area contributed by atoms with E-state index >= 15 is 0 Å². The number of anilines is 1. The van der Waals surface area contributed by atoms with Crippen molar-refractivity contribution in [2.75, 3.05) is 18.5 Å². The van der Waals surface area contributed by atoms with Gasteiger partial charge in [0, 0.05) is 30.8 Å². The monoisotopic (exact) mass is 300 g/mol. The average Bonchev–Trinajstić information content (AvgIpc) is 2.53. The van der Waals surface area contributed by atoms with E-state index in [0.29, 0.717) is 11.6 Å². The second-order valence-electron chi connectivity index (χ2n) is 5.26. The molecule has 1 aliphatic heterocycles. The van der Waals surface area contributed by atoms with Crippen LogP contribution in [0.4, 0.5) is 5.69 Å². The number of benzene rings is 2. The maximum absolute atomic E-state index is 12.8. The standard InChI is InChI=1S/C17H17ClN2O/c1-20(14-5-3-2-4-6-14)17(21)16-11-19-10-12-9-13(18)7-8-15(12)16/h2-9,16,19H,10-11H2,1H3. The van der Waals surface area contributed by atoms with Crippen molar-refractivity contribution in [1.29, 1.82) is 0 Å². The Kier molecular flexibility index (Phi) is 3.95. The van der Waals surface area contributed by atoms with Crippen molar-refractivity contribution in [2.45, 2.75) is 12.5 Å². The molecule has 108 valence electrons. The smallest absolute Gasteiger partial charge is 0.235 e. The maximum Gasteiger partial charge on any atom is 0.235 e. The van der Waals surface area contributed by atoms with Crippen LogP contribution in [0.2, 0.25) is 5.02 Å². The number of nitrogens with zero attached hydrogens (tertiary/aromatic N) is 1. The number of hydrogen-bond acceptors (Lipinski definition) is 2. The van der Waals surface area contributed by atoms with Crippen molar-refractivity contribution in [3.8, 4) is 0 Å². The van der Waals surface area contributed by atoms with Gasteiger partial charge in [0.15, 0.2) is 0 Å². The van der Waals surface area contributed by atoms with Crippen molar-refractivity contribution >= 4 is 23.2 Å². The van der Waals surface area contributed by atoms with E-state index in [0.717, 1.165) is 23.4 Å². The quantitative estimate of drug-likeness (QED) is 0.924. The van der Waals surface area contributed by atoms with E-state index in [9.17, 15) is 4.79 Å². The topological polar surface area (TPSA) is 32.3 Å². The van der Waals surface area contributed by atoms with Crippen LogP contribution in [0.5, 0.6) is 0 Å². The van der Waals surface area contributed by atoms with E-state index in [1.54, 1.807) is 4.90 Å². The van der Waals surface area contributed by atoms with Gasteiger partial charge >= 0.3 is 0 Å². The number of rotatable bonds is 2. The van der Waals surface area contributed by atoms with Gasteiger partial charge in [0.2, 0.25) is 5.91 Å². The highest BCUT2D eigenvalue weighted by molar-refractivity contribution is 6.30. The predicted octanol–water partition coefficient (Wildman–Crippen LogP) is 3.19. The first-order chi connectivity index (χ1) is 10.2. The average molecular weight is 301 g/mol. The van der Waals surface area contributed by atoms with Gasteiger partial charge in [0.05, 0.1) is 5.92 Å².